The summed E-state index contributed by atoms with van der Waals surface area (Å²) < 4.78 is 0. The average molecular weight is 270 g/mol. The van der Waals surface area contributed by atoms with Crippen LogP contribution in [0.1, 0.15) is 37.3 Å². The van der Waals surface area contributed by atoms with Crippen molar-refractivity contribution in [2.24, 2.45) is 17.8 Å². The van der Waals surface area contributed by atoms with E-state index in [9.17, 15) is 4.79 Å². The predicted octanol–water partition coefficient (Wildman–Crippen LogP) is 2.55. The summed E-state index contributed by atoms with van der Waals surface area (Å²) in [5, 5.41) is 3.37. The van der Waals surface area contributed by atoms with Gasteiger partial charge in [0.05, 0.1) is 6.67 Å². The van der Waals surface area contributed by atoms with Gasteiger partial charge in [-0.3, -0.25) is 10.1 Å². The number of amides is 1. The number of carbonyl (C=O) groups excluding carboxylic acids is 1. The predicted molar refractivity (Wildman–Crippen MR) is 77.8 cm³/mol. The van der Waals surface area contributed by atoms with Crippen molar-refractivity contribution in [3.05, 3.63) is 35.9 Å². The first-order valence-electron chi connectivity index (χ1n) is 7.90. The highest BCUT2D eigenvalue weighted by molar-refractivity contribution is 5.85. The van der Waals surface area contributed by atoms with Crippen molar-refractivity contribution in [2.75, 3.05) is 13.2 Å². The lowest BCUT2D eigenvalue weighted by atomic mass is 9.97. The Morgan fingerprint density at radius 1 is 1.10 bits per heavy atom. The Hall–Kier alpha value is -1.35. The number of nitrogens with zero attached hydrogens (tertiary/aromatic N) is 1. The van der Waals surface area contributed by atoms with Gasteiger partial charge in [-0.05, 0) is 49.0 Å². The Kier molecular flexibility index (Phi) is 3.03. The first kappa shape index (κ1) is 12.4. The van der Waals surface area contributed by atoms with Gasteiger partial charge in [0.25, 0.3) is 0 Å². The van der Waals surface area contributed by atoms with Crippen LogP contribution in [0, 0.1) is 17.8 Å². The van der Waals surface area contributed by atoms with Crippen molar-refractivity contribution < 1.29 is 4.79 Å². The van der Waals surface area contributed by atoms with E-state index in [0.29, 0.717) is 6.67 Å². The number of rotatable bonds is 5. The van der Waals surface area contributed by atoms with Gasteiger partial charge in [-0.15, -0.1) is 0 Å². The summed E-state index contributed by atoms with van der Waals surface area (Å²) >= 11 is 0. The molecule has 1 unspecified atom stereocenters. The molecule has 20 heavy (non-hydrogen) atoms. The van der Waals surface area contributed by atoms with E-state index in [1.165, 1.54) is 25.7 Å². The van der Waals surface area contributed by atoms with Crippen molar-refractivity contribution in [3.8, 4) is 0 Å². The van der Waals surface area contributed by atoms with Gasteiger partial charge in [-0.2, -0.15) is 0 Å². The monoisotopic (exact) mass is 270 g/mol. The van der Waals surface area contributed by atoms with Crippen LogP contribution in [0.5, 0.6) is 0 Å². The summed E-state index contributed by atoms with van der Waals surface area (Å²) in [6.07, 6.45) is 5.55. The summed E-state index contributed by atoms with van der Waals surface area (Å²) in [5.74, 6) is 2.86. The second-order valence-corrected chi connectivity index (χ2v) is 6.61. The van der Waals surface area contributed by atoms with Crippen LogP contribution in [-0.4, -0.2) is 24.0 Å². The second-order valence-electron chi connectivity index (χ2n) is 6.61. The number of carbonyl (C=O) groups is 1. The molecular formula is C17H22N2O. The van der Waals surface area contributed by atoms with Gasteiger partial charge in [0.15, 0.2) is 0 Å². The molecule has 1 aliphatic heterocycles. The van der Waals surface area contributed by atoms with Gasteiger partial charge in [0, 0.05) is 6.54 Å². The zero-order chi connectivity index (χ0) is 13.5. The Labute approximate surface area is 120 Å². The van der Waals surface area contributed by atoms with Crippen LogP contribution in [-0.2, 0) is 4.79 Å². The zero-order valence-corrected chi connectivity index (χ0v) is 11.8. The quantitative estimate of drug-likeness (QED) is 0.892. The lowest BCUT2D eigenvalue weighted by molar-refractivity contribution is -0.129. The molecule has 0 radical (unpaired) electrons. The van der Waals surface area contributed by atoms with E-state index in [0.717, 1.165) is 29.9 Å². The van der Waals surface area contributed by atoms with E-state index in [2.05, 4.69) is 10.2 Å². The number of hydrogen-bond donors (Lipinski definition) is 1. The van der Waals surface area contributed by atoms with Crippen LogP contribution < -0.4 is 5.32 Å². The molecular weight excluding hydrogens is 248 g/mol. The number of benzene rings is 1. The summed E-state index contributed by atoms with van der Waals surface area (Å²) in [6, 6.07) is 9.96. The van der Waals surface area contributed by atoms with Gasteiger partial charge in [-0.25, -0.2) is 0 Å². The van der Waals surface area contributed by atoms with Crippen LogP contribution in [0.2, 0.25) is 0 Å². The summed E-state index contributed by atoms with van der Waals surface area (Å²) in [6.45, 7) is 1.69. The highest BCUT2D eigenvalue weighted by atomic mass is 16.2. The fourth-order valence-corrected chi connectivity index (χ4v) is 3.60. The molecule has 1 aromatic carbocycles. The maximum Gasteiger partial charge on any atom is 0.245 e. The van der Waals surface area contributed by atoms with E-state index in [-0.39, 0.29) is 11.9 Å². The van der Waals surface area contributed by atoms with Gasteiger partial charge < -0.3 is 4.90 Å². The smallest absolute Gasteiger partial charge is 0.245 e. The first-order valence-corrected chi connectivity index (χ1v) is 7.90. The van der Waals surface area contributed by atoms with Crippen LogP contribution in [0.25, 0.3) is 0 Å². The van der Waals surface area contributed by atoms with E-state index in [1.54, 1.807) is 0 Å². The lowest BCUT2D eigenvalue weighted by Crippen LogP contribution is -2.33. The number of nitrogens with one attached hydrogen (secondary N) is 1. The molecule has 1 N–H and O–H groups in total. The second kappa shape index (κ2) is 4.88. The molecule has 1 aromatic rings. The summed E-state index contributed by atoms with van der Waals surface area (Å²) in [4.78, 5) is 14.6. The first-order chi connectivity index (χ1) is 9.83. The van der Waals surface area contributed by atoms with Gasteiger partial charge in [0.2, 0.25) is 5.91 Å². The molecule has 106 valence electrons. The molecule has 2 saturated carbocycles. The summed E-state index contributed by atoms with van der Waals surface area (Å²) in [5.41, 5.74) is 1.09. The van der Waals surface area contributed by atoms with Crippen molar-refractivity contribution in [3.63, 3.8) is 0 Å². The van der Waals surface area contributed by atoms with Crippen LogP contribution in [0.4, 0.5) is 0 Å². The van der Waals surface area contributed by atoms with Crippen molar-refractivity contribution in [1.82, 2.24) is 10.2 Å². The largest absolute Gasteiger partial charge is 0.328 e. The molecule has 3 fully saturated rings. The zero-order valence-electron chi connectivity index (χ0n) is 11.8. The normalized spacial score (nSPS) is 26.6. The minimum Gasteiger partial charge on any atom is -0.328 e. The molecule has 0 aromatic heterocycles. The van der Waals surface area contributed by atoms with E-state index in [4.69, 9.17) is 0 Å². The average Bonchev–Trinajstić information content (AvgIpc) is 3.37. The molecule has 3 heteroatoms. The van der Waals surface area contributed by atoms with E-state index in [1.807, 2.05) is 30.3 Å². The van der Waals surface area contributed by atoms with Gasteiger partial charge in [0.1, 0.15) is 6.04 Å². The molecule has 1 heterocycles. The van der Waals surface area contributed by atoms with Crippen LogP contribution in [0.3, 0.4) is 0 Å². The summed E-state index contributed by atoms with van der Waals surface area (Å²) in [7, 11) is 0. The Bertz CT molecular complexity index is 481. The van der Waals surface area contributed by atoms with E-state index >= 15 is 0 Å². The molecule has 4 rings (SSSR count). The fraction of sp³-hybridized carbons (Fsp3) is 0.588. The maximum absolute atomic E-state index is 12.6. The molecule has 1 amide bonds. The highest BCUT2D eigenvalue weighted by Crippen LogP contribution is 2.49. The minimum absolute atomic E-state index is 0.129. The van der Waals surface area contributed by atoms with Crippen LogP contribution >= 0.6 is 0 Å². The Balaban J connectivity index is 1.44. The fourth-order valence-electron chi connectivity index (χ4n) is 3.60. The third-order valence-corrected chi connectivity index (χ3v) is 5.06. The van der Waals surface area contributed by atoms with Crippen molar-refractivity contribution in [1.29, 1.82) is 0 Å². The topological polar surface area (TPSA) is 32.3 Å². The van der Waals surface area contributed by atoms with Crippen LogP contribution in [0.15, 0.2) is 30.3 Å². The van der Waals surface area contributed by atoms with Gasteiger partial charge >= 0.3 is 0 Å². The van der Waals surface area contributed by atoms with Crippen molar-refractivity contribution in [2.45, 2.75) is 31.7 Å². The molecule has 0 spiro atoms. The minimum atomic E-state index is -0.129. The molecule has 0 bridgehead atoms. The third-order valence-electron chi connectivity index (χ3n) is 5.06. The Morgan fingerprint density at radius 3 is 2.35 bits per heavy atom. The standard InChI is InChI=1S/C17H22N2O/c20-17-16(14-4-2-1-3-5-14)18-11-19(17)10-15(12-6-7-12)13-8-9-13/h1-5,12-13,15-16,18H,6-11H2. The number of hydrogen-bond acceptors (Lipinski definition) is 2. The van der Waals surface area contributed by atoms with Crippen molar-refractivity contribution >= 4 is 5.91 Å². The lowest BCUT2D eigenvalue weighted by Gasteiger charge is -2.23. The maximum atomic E-state index is 12.6. The van der Waals surface area contributed by atoms with Gasteiger partial charge in [-0.1, -0.05) is 30.3 Å². The molecule has 2 aliphatic carbocycles. The molecule has 3 aliphatic rings. The Morgan fingerprint density at radius 2 is 1.75 bits per heavy atom. The third kappa shape index (κ3) is 2.35. The SMILES string of the molecule is O=C1C(c2ccccc2)NCN1CC(C1CC1)C1CC1. The highest BCUT2D eigenvalue weighted by Gasteiger charge is 2.44. The molecule has 1 atom stereocenters. The van der Waals surface area contributed by atoms with E-state index < -0.39 is 0 Å². The molecule has 1 saturated heterocycles. The molecule has 3 nitrogen and oxygen atoms in total.